The molecule has 2 aliphatic heterocycles. The van der Waals surface area contributed by atoms with E-state index in [1.54, 1.807) is 12.1 Å². The number of aromatic nitrogens is 3. The second-order valence-corrected chi connectivity index (χ2v) is 8.93. The number of nitrogens with zero attached hydrogens (tertiary/aromatic N) is 4. The number of halogens is 1. The minimum Gasteiger partial charge on any atom is -0.396 e. The summed E-state index contributed by atoms with van der Waals surface area (Å²) < 4.78 is 17.7. The molecule has 0 aliphatic carbocycles. The zero-order chi connectivity index (χ0) is 22.5. The first-order valence-electron chi connectivity index (χ1n) is 11.3. The number of anilines is 1. The number of rotatable bonds is 4. The van der Waals surface area contributed by atoms with Gasteiger partial charge in [-0.2, -0.15) is 0 Å². The summed E-state index contributed by atoms with van der Waals surface area (Å²) in [6.45, 7) is 2.08. The maximum Gasteiger partial charge on any atom is 0.161 e. The Morgan fingerprint density at radius 2 is 1.88 bits per heavy atom. The number of aliphatic hydroxyl groups excluding tert-OH is 2. The van der Waals surface area contributed by atoms with Crippen LogP contribution in [-0.4, -0.2) is 50.1 Å². The molecule has 168 valence electrons. The number of aliphatic hydroxyl groups is 2. The summed E-state index contributed by atoms with van der Waals surface area (Å²) in [5.41, 5.74) is 6.32. The van der Waals surface area contributed by atoms with E-state index in [-0.39, 0.29) is 18.3 Å². The Morgan fingerprint density at radius 3 is 2.70 bits per heavy atom. The molecule has 6 nitrogen and oxygen atoms in total. The maximum atomic E-state index is 13.4. The van der Waals surface area contributed by atoms with E-state index < -0.39 is 6.10 Å². The lowest BCUT2D eigenvalue weighted by molar-refractivity contribution is 0.127. The number of fused-ring (bicyclic) bond motifs is 5. The molecule has 6 rings (SSSR count). The molecular weight excluding hydrogens is 419 g/mol. The van der Waals surface area contributed by atoms with Crippen molar-refractivity contribution in [3.8, 4) is 28.3 Å². The number of hydrogen-bond acceptors (Lipinski definition) is 4. The molecule has 2 aromatic heterocycles. The summed E-state index contributed by atoms with van der Waals surface area (Å²) in [5, 5.41) is 19.7. The molecule has 7 heteroatoms. The summed E-state index contributed by atoms with van der Waals surface area (Å²) in [6.07, 6.45) is 6.07. The predicted molar refractivity (Wildman–Crippen MR) is 125 cm³/mol. The van der Waals surface area contributed by atoms with Crippen molar-refractivity contribution in [2.75, 3.05) is 24.6 Å². The number of hydrogen-bond donors (Lipinski definition) is 2. The Labute approximate surface area is 191 Å². The third-order valence-corrected chi connectivity index (χ3v) is 6.88. The summed E-state index contributed by atoms with van der Waals surface area (Å²) in [5.74, 6) is 0.711. The van der Waals surface area contributed by atoms with E-state index in [1.165, 1.54) is 12.1 Å². The molecule has 1 fully saturated rings. The maximum absolute atomic E-state index is 13.4. The van der Waals surface area contributed by atoms with Gasteiger partial charge < -0.3 is 19.7 Å². The van der Waals surface area contributed by atoms with Crippen LogP contribution in [0.25, 0.3) is 28.3 Å². The lowest BCUT2D eigenvalue weighted by Crippen LogP contribution is -2.21. The van der Waals surface area contributed by atoms with Crippen LogP contribution in [-0.2, 0) is 6.54 Å². The van der Waals surface area contributed by atoms with E-state index >= 15 is 0 Å². The second-order valence-electron chi connectivity index (χ2n) is 8.93. The topological polar surface area (TPSA) is 66.5 Å². The molecule has 4 aromatic rings. The van der Waals surface area contributed by atoms with Crippen molar-refractivity contribution in [1.29, 1.82) is 0 Å². The lowest BCUT2D eigenvalue weighted by Gasteiger charge is -2.20. The fourth-order valence-corrected chi connectivity index (χ4v) is 5.14. The van der Waals surface area contributed by atoms with Gasteiger partial charge in [0.2, 0.25) is 0 Å². The Hall–Kier alpha value is -3.42. The van der Waals surface area contributed by atoms with Gasteiger partial charge in [0.15, 0.2) is 5.82 Å². The molecule has 2 atom stereocenters. The molecule has 2 N–H and O–H groups in total. The van der Waals surface area contributed by atoms with Gasteiger partial charge >= 0.3 is 0 Å². The number of imidazole rings is 1. The smallest absolute Gasteiger partial charge is 0.161 e. The van der Waals surface area contributed by atoms with Gasteiger partial charge in [-0.05, 0) is 53.9 Å². The third-order valence-electron chi connectivity index (χ3n) is 6.88. The zero-order valence-corrected chi connectivity index (χ0v) is 18.1. The molecule has 0 saturated carbocycles. The monoisotopic (exact) mass is 444 g/mol. The van der Waals surface area contributed by atoms with Gasteiger partial charge in [-0.1, -0.05) is 12.1 Å². The van der Waals surface area contributed by atoms with E-state index in [0.29, 0.717) is 19.5 Å². The molecule has 2 aromatic carbocycles. The highest BCUT2D eigenvalue weighted by atomic mass is 19.1. The highest BCUT2D eigenvalue weighted by Crippen LogP contribution is 2.36. The van der Waals surface area contributed by atoms with Crippen LogP contribution in [0.1, 0.15) is 12.0 Å². The molecule has 4 heterocycles. The largest absolute Gasteiger partial charge is 0.396 e. The Kier molecular flexibility index (Phi) is 4.81. The Bertz CT molecular complexity index is 1310. The molecule has 0 unspecified atom stereocenters. The Balaban J connectivity index is 1.39. The van der Waals surface area contributed by atoms with Gasteiger partial charge in [0.1, 0.15) is 5.82 Å². The van der Waals surface area contributed by atoms with Gasteiger partial charge in [0.25, 0.3) is 0 Å². The van der Waals surface area contributed by atoms with Crippen LogP contribution in [0.2, 0.25) is 0 Å². The van der Waals surface area contributed by atoms with Crippen LogP contribution >= 0.6 is 0 Å². The first-order chi connectivity index (χ1) is 16.1. The molecule has 0 bridgehead atoms. The van der Waals surface area contributed by atoms with E-state index in [4.69, 9.17) is 0 Å². The fourth-order valence-electron chi connectivity index (χ4n) is 5.14. The SMILES string of the molecule is OCC[C@H]1CN(c2ccc3c(c2)Cn2cc(-c4ccc(F)cc4)cc2-c2nccn2-3)C[C@@H]1O. The molecule has 1 saturated heterocycles. The Morgan fingerprint density at radius 1 is 1.03 bits per heavy atom. The second kappa shape index (κ2) is 7.86. The van der Waals surface area contributed by atoms with Crippen LogP contribution < -0.4 is 4.90 Å². The lowest BCUT2D eigenvalue weighted by atomic mass is 10.0. The van der Waals surface area contributed by atoms with E-state index in [9.17, 15) is 14.6 Å². The van der Waals surface area contributed by atoms with E-state index in [1.807, 2.05) is 12.4 Å². The highest BCUT2D eigenvalue weighted by Gasteiger charge is 2.31. The number of benzene rings is 2. The summed E-state index contributed by atoms with van der Waals surface area (Å²) in [4.78, 5) is 6.83. The normalized spacial score (nSPS) is 19.2. The average Bonchev–Trinajstić information content (AvgIpc) is 3.52. The van der Waals surface area contributed by atoms with Crippen molar-refractivity contribution in [2.24, 2.45) is 5.92 Å². The quantitative estimate of drug-likeness (QED) is 0.444. The predicted octanol–water partition coefficient (Wildman–Crippen LogP) is 3.69. The minimum absolute atomic E-state index is 0.0865. The summed E-state index contributed by atoms with van der Waals surface area (Å²) in [7, 11) is 0. The summed E-state index contributed by atoms with van der Waals surface area (Å²) >= 11 is 0. The van der Waals surface area contributed by atoms with Crippen molar-refractivity contribution in [2.45, 2.75) is 19.1 Å². The fraction of sp³-hybridized carbons (Fsp3) is 0.269. The zero-order valence-electron chi connectivity index (χ0n) is 18.1. The van der Waals surface area contributed by atoms with Crippen molar-refractivity contribution in [1.82, 2.24) is 14.1 Å². The molecule has 0 spiro atoms. The molecule has 33 heavy (non-hydrogen) atoms. The first-order valence-corrected chi connectivity index (χ1v) is 11.3. The standard InChI is InChI=1S/C26H25FN4O2/c27-21-3-1-17(2-4-21)19-12-24-26-28-8-9-31(26)23-6-5-22(11-20(23)15-30(24)14-19)29-13-18(7-10-32)25(33)16-29/h1-6,8-9,11-12,14,18,25,32-33H,7,10,13,15-16H2/t18-,25-/m0/s1. The molecule has 2 aliphatic rings. The molecule has 0 radical (unpaired) electrons. The van der Waals surface area contributed by atoms with Gasteiger partial charge in [0, 0.05) is 62.0 Å². The third kappa shape index (κ3) is 3.44. The first kappa shape index (κ1) is 20.2. The van der Waals surface area contributed by atoms with Crippen molar-refractivity contribution >= 4 is 5.69 Å². The van der Waals surface area contributed by atoms with Gasteiger partial charge in [0.05, 0.1) is 17.5 Å². The number of β-amino-alcohol motifs (C(OH)–C–C–N with tert-alkyl or cyclic N) is 1. The minimum atomic E-state index is -0.425. The van der Waals surface area contributed by atoms with Crippen LogP contribution in [0.3, 0.4) is 0 Å². The van der Waals surface area contributed by atoms with E-state index in [0.717, 1.165) is 46.1 Å². The van der Waals surface area contributed by atoms with Gasteiger partial charge in [-0.15, -0.1) is 0 Å². The highest BCUT2D eigenvalue weighted by molar-refractivity contribution is 5.72. The van der Waals surface area contributed by atoms with Crippen LogP contribution in [0.5, 0.6) is 0 Å². The average molecular weight is 445 g/mol. The van der Waals surface area contributed by atoms with Crippen molar-refractivity contribution < 1.29 is 14.6 Å². The van der Waals surface area contributed by atoms with Crippen molar-refractivity contribution in [3.63, 3.8) is 0 Å². The molecular formula is C26H25FN4O2. The van der Waals surface area contributed by atoms with Gasteiger partial charge in [-0.3, -0.25) is 4.57 Å². The van der Waals surface area contributed by atoms with Crippen LogP contribution in [0.4, 0.5) is 10.1 Å². The van der Waals surface area contributed by atoms with Crippen LogP contribution in [0, 0.1) is 11.7 Å². The molecule has 0 amide bonds. The van der Waals surface area contributed by atoms with Crippen molar-refractivity contribution in [3.05, 3.63) is 78.5 Å². The van der Waals surface area contributed by atoms with E-state index in [2.05, 4.69) is 49.5 Å². The van der Waals surface area contributed by atoms with Crippen LogP contribution in [0.15, 0.2) is 67.1 Å². The van der Waals surface area contributed by atoms with Gasteiger partial charge in [-0.25, -0.2) is 9.37 Å². The summed E-state index contributed by atoms with van der Waals surface area (Å²) in [6, 6.07) is 15.1.